The van der Waals surface area contributed by atoms with E-state index in [9.17, 15) is 18.4 Å². The molecule has 0 aliphatic heterocycles. The van der Waals surface area contributed by atoms with E-state index in [0.717, 1.165) is 52.9 Å². The lowest BCUT2D eigenvalue weighted by atomic mass is 10.0. The van der Waals surface area contributed by atoms with Gasteiger partial charge in [0, 0.05) is 30.9 Å². The molecule has 0 saturated heterocycles. The highest BCUT2D eigenvalue weighted by Gasteiger charge is 2.16. The number of halogens is 2. The molecule has 2 atom stereocenters. The molecule has 0 fully saturated rings. The molecule has 0 aromatic heterocycles. The number of hydrogen-bond acceptors (Lipinski definition) is 7. The normalized spacial score (nSPS) is 13.2. The second kappa shape index (κ2) is 20.0. The minimum Gasteiger partial charge on any atom is -0.480 e. The number of allylic oxidation sites excluding steroid dienone is 2. The van der Waals surface area contributed by atoms with E-state index in [2.05, 4.69) is 22.0 Å². The van der Waals surface area contributed by atoms with Crippen LogP contribution < -0.4 is 15.8 Å². The smallest absolute Gasteiger partial charge is 0.387 e. The number of carboxylic acids is 1. The molecule has 0 amide bonds. The number of carboxylic acid groups (broad SMARTS) is 1. The minimum absolute atomic E-state index is 0.116. The molecule has 2 unspecified atom stereocenters. The Morgan fingerprint density at radius 1 is 1.11 bits per heavy atom. The Labute approximate surface area is 260 Å². The van der Waals surface area contributed by atoms with Crippen LogP contribution in [0.4, 0.5) is 14.5 Å². The van der Waals surface area contributed by atoms with Crippen molar-refractivity contribution in [1.82, 2.24) is 4.90 Å². The number of ketones is 1. The van der Waals surface area contributed by atoms with Crippen LogP contribution in [0.3, 0.4) is 0 Å². The summed E-state index contributed by atoms with van der Waals surface area (Å²) in [6, 6.07) is 11.5. The van der Waals surface area contributed by atoms with E-state index >= 15 is 0 Å². The van der Waals surface area contributed by atoms with Crippen LogP contribution in [0.2, 0.25) is 0 Å². The maximum atomic E-state index is 12.4. The van der Waals surface area contributed by atoms with E-state index in [4.69, 9.17) is 10.8 Å². The third-order valence-electron chi connectivity index (χ3n) is 6.77. The zero-order valence-corrected chi connectivity index (χ0v) is 26.9. The highest BCUT2D eigenvalue weighted by Crippen LogP contribution is 2.21. The molecule has 2 aromatic carbocycles. The van der Waals surface area contributed by atoms with Crippen LogP contribution in [-0.2, 0) is 4.79 Å². The standard InChI is InChI=1S/C27H33F2N3O2.C7H15NO2/c1-7-15-32(6)26(31-22-11-14-24(18(3)16-22)25(33)8-2)20(5)30-17-19(4)21-9-12-23(13-10-21)34-27(28)29;1-2-3-4-5-6(8)7(9)10/h7,9-17,26-27,31H,8H2,1-6H3;6H,2-5,8H2,1H3,(H,9,10)/b15-7-,19-17+,30-20?;. The van der Waals surface area contributed by atoms with Gasteiger partial charge >= 0.3 is 12.6 Å². The molecule has 242 valence electrons. The molecule has 2 aromatic rings. The summed E-state index contributed by atoms with van der Waals surface area (Å²) in [6.45, 7) is 8.81. The summed E-state index contributed by atoms with van der Waals surface area (Å²) in [5, 5.41) is 11.8. The number of carbonyl (C=O) groups is 2. The molecular weight excluding hydrogens is 566 g/mol. The van der Waals surface area contributed by atoms with Crippen LogP contribution >= 0.6 is 0 Å². The Hall–Kier alpha value is -4.05. The van der Waals surface area contributed by atoms with Crippen molar-refractivity contribution in [2.45, 2.75) is 92.5 Å². The van der Waals surface area contributed by atoms with E-state index in [-0.39, 0.29) is 17.7 Å². The number of nitrogens with two attached hydrogens (primary N) is 1. The second-order valence-corrected chi connectivity index (χ2v) is 10.4. The fourth-order valence-corrected chi connectivity index (χ4v) is 4.22. The van der Waals surface area contributed by atoms with Gasteiger partial charge in [0.05, 0.1) is 5.71 Å². The van der Waals surface area contributed by atoms with Gasteiger partial charge in [-0.3, -0.25) is 14.6 Å². The quantitative estimate of drug-likeness (QED) is 0.0762. The van der Waals surface area contributed by atoms with Crippen molar-refractivity contribution >= 4 is 28.7 Å². The van der Waals surface area contributed by atoms with Crippen molar-refractivity contribution in [3.63, 3.8) is 0 Å². The van der Waals surface area contributed by atoms with E-state index in [1.54, 1.807) is 18.3 Å². The van der Waals surface area contributed by atoms with Gasteiger partial charge in [-0.25, -0.2) is 0 Å². The average molecular weight is 615 g/mol. The van der Waals surface area contributed by atoms with Crippen LogP contribution in [0.15, 0.2) is 65.9 Å². The number of alkyl halides is 2. The number of anilines is 1. The zero-order chi connectivity index (χ0) is 33.2. The number of carbonyl (C=O) groups excluding carboxylic acids is 1. The molecule has 44 heavy (non-hydrogen) atoms. The van der Waals surface area contributed by atoms with Crippen molar-refractivity contribution < 1.29 is 28.2 Å². The number of hydrogen-bond donors (Lipinski definition) is 3. The van der Waals surface area contributed by atoms with E-state index in [1.807, 2.05) is 77.0 Å². The summed E-state index contributed by atoms with van der Waals surface area (Å²) in [7, 11) is 1.96. The van der Waals surface area contributed by atoms with Crippen molar-refractivity contribution in [3.8, 4) is 5.75 Å². The highest BCUT2D eigenvalue weighted by atomic mass is 19.3. The molecule has 0 heterocycles. The summed E-state index contributed by atoms with van der Waals surface area (Å²) in [5.41, 5.74) is 10.4. The molecule has 0 spiro atoms. The molecule has 10 heteroatoms. The average Bonchev–Trinajstić information content (AvgIpc) is 2.98. The molecule has 4 N–H and O–H groups in total. The molecular formula is C34H48F2N4O4. The van der Waals surface area contributed by atoms with Crippen molar-refractivity contribution in [2.75, 3.05) is 12.4 Å². The lowest BCUT2D eigenvalue weighted by Crippen LogP contribution is -2.40. The topological polar surface area (TPSA) is 117 Å². The number of benzene rings is 2. The Morgan fingerprint density at radius 2 is 1.77 bits per heavy atom. The van der Waals surface area contributed by atoms with E-state index < -0.39 is 18.6 Å². The first kappa shape index (κ1) is 38.0. The maximum absolute atomic E-state index is 12.4. The SMILES string of the molecule is C/C=C\N(C)C(Nc1ccc(C(=O)CC)c(C)c1)C(C)=N/C=C(\C)c1ccc(OC(F)F)cc1.CCCCCC(N)C(=O)O. The maximum Gasteiger partial charge on any atom is 0.387 e. The van der Waals surface area contributed by atoms with Gasteiger partial charge < -0.3 is 25.8 Å². The zero-order valence-electron chi connectivity index (χ0n) is 26.9. The van der Waals surface area contributed by atoms with Crippen molar-refractivity contribution in [3.05, 3.63) is 77.6 Å². The largest absolute Gasteiger partial charge is 0.480 e. The van der Waals surface area contributed by atoms with Crippen LogP contribution in [0.25, 0.3) is 5.57 Å². The van der Waals surface area contributed by atoms with Gasteiger partial charge in [-0.05, 0) is 87.3 Å². The van der Waals surface area contributed by atoms with Gasteiger partial charge in [-0.15, -0.1) is 0 Å². The van der Waals surface area contributed by atoms with E-state index in [1.165, 1.54) is 12.1 Å². The summed E-state index contributed by atoms with van der Waals surface area (Å²) in [6.07, 6.45) is 9.59. The minimum atomic E-state index is -2.85. The summed E-state index contributed by atoms with van der Waals surface area (Å²) < 4.78 is 29.1. The van der Waals surface area contributed by atoms with Crippen LogP contribution in [0.5, 0.6) is 5.75 Å². The molecule has 8 nitrogen and oxygen atoms in total. The summed E-state index contributed by atoms with van der Waals surface area (Å²) in [5.74, 6) is -0.652. The number of unbranched alkanes of at least 4 members (excludes halogenated alkanes) is 2. The highest BCUT2D eigenvalue weighted by molar-refractivity contribution is 5.97. The Morgan fingerprint density at radius 3 is 2.30 bits per heavy atom. The first-order valence-corrected chi connectivity index (χ1v) is 14.8. The van der Waals surface area contributed by atoms with Gasteiger partial charge in [0.2, 0.25) is 0 Å². The van der Waals surface area contributed by atoms with Gasteiger partial charge in [0.15, 0.2) is 5.78 Å². The number of nitrogens with zero attached hydrogens (tertiary/aromatic N) is 2. The predicted octanol–water partition coefficient (Wildman–Crippen LogP) is 7.89. The summed E-state index contributed by atoms with van der Waals surface area (Å²) in [4.78, 5) is 28.9. The molecule has 2 rings (SSSR count). The van der Waals surface area contributed by atoms with Crippen molar-refractivity contribution in [2.24, 2.45) is 10.7 Å². The number of aliphatic carboxylic acids is 1. The Balaban J connectivity index is 0.000000828. The molecule has 0 aliphatic carbocycles. The van der Waals surface area contributed by atoms with Gasteiger partial charge in [-0.2, -0.15) is 8.78 Å². The van der Waals surface area contributed by atoms with Gasteiger partial charge in [0.25, 0.3) is 0 Å². The van der Waals surface area contributed by atoms with Crippen molar-refractivity contribution in [1.29, 1.82) is 0 Å². The molecule has 0 bridgehead atoms. The third-order valence-corrected chi connectivity index (χ3v) is 6.77. The lowest BCUT2D eigenvalue weighted by molar-refractivity contribution is -0.138. The fourth-order valence-electron chi connectivity index (χ4n) is 4.22. The monoisotopic (exact) mass is 614 g/mol. The van der Waals surface area contributed by atoms with Gasteiger partial charge in [-0.1, -0.05) is 51.3 Å². The number of Topliss-reactive ketones (excluding diaryl/α,β-unsaturated/α-hetero) is 1. The number of rotatable bonds is 16. The lowest BCUT2D eigenvalue weighted by Gasteiger charge is -2.29. The predicted molar refractivity (Wildman–Crippen MR) is 175 cm³/mol. The molecule has 0 radical (unpaired) electrons. The molecule has 0 aliphatic rings. The van der Waals surface area contributed by atoms with Crippen LogP contribution in [-0.4, -0.2) is 53.3 Å². The molecule has 0 saturated carbocycles. The van der Waals surface area contributed by atoms with Crippen LogP contribution in [0.1, 0.15) is 88.2 Å². The second-order valence-electron chi connectivity index (χ2n) is 10.4. The fraction of sp³-hybridized carbons (Fsp3) is 0.441. The van der Waals surface area contributed by atoms with Gasteiger partial charge in [0.1, 0.15) is 18.0 Å². The third kappa shape index (κ3) is 13.5. The number of nitrogens with one attached hydrogen (secondary N) is 1. The summed E-state index contributed by atoms with van der Waals surface area (Å²) >= 11 is 0. The Bertz CT molecular complexity index is 1280. The number of aliphatic imine (C=N–C) groups is 1. The van der Waals surface area contributed by atoms with E-state index in [0.29, 0.717) is 12.8 Å². The number of ether oxygens (including phenoxy) is 1. The van der Waals surface area contributed by atoms with Crippen LogP contribution in [0, 0.1) is 6.92 Å². The first-order chi connectivity index (χ1) is 20.8. The first-order valence-electron chi connectivity index (χ1n) is 14.8. The number of aryl methyl sites for hydroxylation is 1. The Kier molecular flexibility index (Phi) is 17.3.